The summed E-state index contributed by atoms with van der Waals surface area (Å²) in [4.78, 5) is 26.8. The molecular formula is C21H24N2O3. The Labute approximate surface area is 154 Å². The van der Waals surface area contributed by atoms with E-state index < -0.39 is 0 Å². The Bertz CT molecular complexity index is 801. The van der Waals surface area contributed by atoms with Crippen LogP contribution < -0.4 is 15.0 Å². The number of carbonyl (C=O) groups is 2. The predicted octanol–water partition coefficient (Wildman–Crippen LogP) is 3.78. The molecule has 0 spiro atoms. The molecule has 1 aliphatic heterocycles. The lowest BCUT2D eigenvalue weighted by Crippen LogP contribution is -2.37. The number of rotatable bonds is 5. The maximum Gasteiger partial charge on any atom is 0.236 e. The minimum absolute atomic E-state index is 0.000430. The van der Waals surface area contributed by atoms with Gasteiger partial charge >= 0.3 is 0 Å². The molecule has 5 nitrogen and oxygen atoms in total. The topological polar surface area (TPSA) is 58.6 Å². The molecule has 0 saturated carbocycles. The van der Waals surface area contributed by atoms with Crippen molar-refractivity contribution >= 4 is 23.2 Å². The molecule has 1 N–H and O–H groups in total. The standard InChI is InChI=1S/C21H24N2O3/c1-15(2)26-19-12-6-4-10-17(19)22-20(24)14-21(25)23-13-7-9-16-8-3-5-11-18(16)23/h3-6,8,10-12,15H,7,9,13-14H2,1-2H3,(H,22,24). The fraction of sp³-hybridized carbons (Fsp3) is 0.333. The monoisotopic (exact) mass is 352 g/mol. The summed E-state index contributed by atoms with van der Waals surface area (Å²) in [6.45, 7) is 4.50. The summed E-state index contributed by atoms with van der Waals surface area (Å²) in [6.07, 6.45) is 1.69. The molecule has 5 heteroatoms. The van der Waals surface area contributed by atoms with E-state index in [0.29, 0.717) is 18.0 Å². The van der Waals surface area contributed by atoms with Crippen LogP contribution in [-0.2, 0) is 16.0 Å². The van der Waals surface area contributed by atoms with Crippen molar-refractivity contribution in [3.8, 4) is 5.75 Å². The fourth-order valence-corrected chi connectivity index (χ4v) is 3.15. The summed E-state index contributed by atoms with van der Waals surface area (Å²) < 4.78 is 5.70. The lowest BCUT2D eigenvalue weighted by atomic mass is 10.0. The van der Waals surface area contributed by atoms with Crippen LogP contribution in [0.3, 0.4) is 0 Å². The van der Waals surface area contributed by atoms with Gasteiger partial charge in [0.2, 0.25) is 11.8 Å². The highest BCUT2D eigenvalue weighted by Gasteiger charge is 2.24. The lowest BCUT2D eigenvalue weighted by molar-refractivity contribution is -0.125. The molecule has 136 valence electrons. The van der Waals surface area contributed by atoms with Crippen molar-refractivity contribution in [3.63, 3.8) is 0 Å². The number of nitrogens with one attached hydrogen (secondary N) is 1. The third-order valence-electron chi connectivity index (χ3n) is 4.25. The molecule has 0 saturated heterocycles. The molecule has 0 aromatic heterocycles. The number of anilines is 2. The number of para-hydroxylation sites is 3. The highest BCUT2D eigenvalue weighted by molar-refractivity contribution is 6.09. The number of benzene rings is 2. The van der Waals surface area contributed by atoms with Crippen LogP contribution in [0.15, 0.2) is 48.5 Å². The van der Waals surface area contributed by atoms with Gasteiger partial charge in [-0.25, -0.2) is 0 Å². The molecule has 0 aliphatic carbocycles. The predicted molar refractivity (Wildman–Crippen MR) is 103 cm³/mol. The lowest BCUT2D eigenvalue weighted by Gasteiger charge is -2.29. The van der Waals surface area contributed by atoms with Crippen LogP contribution in [0.4, 0.5) is 11.4 Å². The summed E-state index contributed by atoms with van der Waals surface area (Å²) in [5.74, 6) is 0.0846. The minimum atomic E-state index is -0.335. The zero-order chi connectivity index (χ0) is 18.5. The van der Waals surface area contributed by atoms with Gasteiger partial charge in [0.05, 0.1) is 11.8 Å². The van der Waals surface area contributed by atoms with Crippen molar-refractivity contribution in [1.82, 2.24) is 0 Å². The number of nitrogens with zero attached hydrogens (tertiary/aromatic N) is 1. The molecule has 0 unspecified atom stereocenters. The Morgan fingerprint density at radius 3 is 2.65 bits per heavy atom. The number of carbonyl (C=O) groups excluding carboxylic acids is 2. The number of amides is 2. The molecule has 1 heterocycles. The van der Waals surface area contributed by atoms with Crippen LogP contribution in [0.2, 0.25) is 0 Å². The van der Waals surface area contributed by atoms with Crippen LogP contribution in [-0.4, -0.2) is 24.5 Å². The highest BCUT2D eigenvalue weighted by atomic mass is 16.5. The molecule has 1 aliphatic rings. The van der Waals surface area contributed by atoms with Crippen molar-refractivity contribution in [2.24, 2.45) is 0 Å². The first-order valence-corrected chi connectivity index (χ1v) is 8.98. The third kappa shape index (κ3) is 4.23. The van der Waals surface area contributed by atoms with Gasteiger partial charge in [0.1, 0.15) is 12.2 Å². The van der Waals surface area contributed by atoms with Gasteiger partial charge in [-0.15, -0.1) is 0 Å². The van der Waals surface area contributed by atoms with Gasteiger partial charge in [-0.05, 0) is 50.5 Å². The number of hydrogen-bond donors (Lipinski definition) is 1. The average molecular weight is 352 g/mol. The Hall–Kier alpha value is -2.82. The molecular weight excluding hydrogens is 328 g/mol. The highest BCUT2D eigenvalue weighted by Crippen LogP contribution is 2.28. The van der Waals surface area contributed by atoms with Gasteiger partial charge in [-0.1, -0.05) is 30.3 Å². The van der Waals surface area contributed by atoms with Crippen molar-refractivity contribution in [1.29, 1.82) is 0 Å². The Balaban J connectivity index is 1.67. The van der Waals surface area contributed by atoms with Crippen molar-refractivity contribution in [3.05, 3.63) is 54.1 Å². The second kappa shape index (κ2) is 8.04. The van der Waals surface area contributed by atoms with E-state index in [-0.39, 0.29) is 24.3 Å². The van der Waals surface area contributed by atoms with Gasteiger partial charge in [-0.2, -0.15) is 0 Å². The molecule has 2 aromatic carbocycles. The van der Waals surface area contributed by atoms with E-state index in [9.17, 15) is 9.59 Å². The second-order valence-corrected chi connectivity index (χ2v) is 6.67. The van der Waals surface area contributed by atoms with Crippen molar-refractivity contribution in [2.45, 2.75) is 39.2 Å². The van der Waals surface area contributed by atoms with Gasteiger partial charge in [-0.3, -0.25) is 9.59 Å². The molecule has 0 atom stereocenters. The molecule has 0 bridgehead atoms. The van der Waals surface area contributed by atoms with Gasteiger partial charge < -0.3 is 15.0 Å². The van der Waals surface area contributed by atoms with Crippen LogP contribution in [0.25, 0.3) is 0 Å². The first-order chi connectivity index (χ1) is 12.5. The zero-order valence-electron chi connectivity index (χ0n) is 15.2. The van der Waals surface area contributed by atoms with E-state index >= 15 is 0 Å². The number of fused-ring (bicyclic) bond motifs is 1. The van der Waals surface area contributed by atoms with E-state index in [0.717, 1.165) is 24.1 Å². The first-order valence-electron chi connectivity index (χ1n) is 8.98. The molecule has 0 radical (unpaired) electrons. The zero-order valence-corrected chi connectivity index (χ0v) is 15.2. The van der Waals surface area contributed by atoms with Gasteiger partial charge in [0, 0.05) is 12.2 Å². The summed E-state index contributed by atoms with van der Waals surface area (Å²) in [7, 11) is 0. The first kappa shape index (κ1) is 18.0. The SMILES string of the molecule is CC(C)Oc1ccccc1NC(=O)CC(=O)N1CCCc2ccccc21. The maximum absolute atomic E-state index is 12.7. The molecule has 26 heavy (non-hydrogen) atoms. The summed E-state index contributed by atoms with van der Waals surface area (Å²) in [5, 5.41) is 2.80. The summed E-state index contributed by atoms with van der Waals surface area (Å²) in [6, 6.07) is 15.1. The van der Waals surface area contributed by atoms with E-state index in [2.05, 4.69) is 5.32 Å². The van der Waals surface area contributed by atoms with E-state index in [1.807, 2.05) is 50.2 Å². The van der Waals surface area contributed by atoms with Crippen LogP contribution in [0, 0.1) is 0 Å². The van der Waals surface area contributed by atoms with Crippen LogP contribution in [0.1, 0.15) is 32.3 Å². The number of hydrogen-bond acceptors (Lipinski definition) is 3. The Morgan fingerprint density at radius 1 is 1.12 bits per heavy atom. The molecule has 0 fully saturated rings. The quantitative estimate of drug-likeness (QED) is 0.833. The molecule has 3 rings (SSSR count). The number of aryl methyl sites for hydroxylation is 1. The Morgan fingerprint density at radius 2 is 1.85 bits per heavy atom. The van der Waals surface area contributed by atoms with Crippen molar-refractivity contribution < 1.29 is 14.3 Å². The van der Waals surface area contributed by atoms with E-state index in [1.54, 1.807) is 17.0 Å². The minimum Gasteiger partial charge on any atom is -0.489 e. The fourth-order valence-electron chi connectivity index (χ4n) is 3.15. The molecule has 2 amide bonds. The van der Waals surface area contributed by atoms with E-state index in [4.69, 9.17) is 4.74 Å². The maximum atomic E-state index is 12.7. The summed E-state index contributed by atoms with van der Waals surface area (Å²) >= 11 is 0. The smallest absolute Gasteiger partial charge is 0.236 e. The Kier molecular flexibility index (Phi) is 5.56. The van der Waals surface area contributed by atoms with E-state index in [1.165, 1.54) is 0 Å². The molecule has 2 aromatic rings. The largest absolute Gasteiger partial charge is 0.489 e. The second-order valence-electron chi connectivity index (χ2n) is 6.67. The number of ether oxygens (including phenoxy) is 1. The normalized spacial score (nSPS) is 13.3. The van der Waals surface area contributed by atoms with Gasteiger partial charge in [0.25, 0.3) is 0 Å². The van der Waals surface area contributed by atoms with Gasteiger partial charge in [0.15, 0.2) is 0 Å². The third-order valence-corrected chi connectivity index (χ3v) is 4.25. The summed E-state index contributed by atoms with van der Waals surface area (Å²) in [5.41, 5.74) is 2.65. The van der Waals surface area contributed by atoms with Crippen molar-refractivity contribution in [2.75, 3.05) is 16.8 Å². The van der Waals surface area contributed by atoms with Crippen LogP contribution >= 0.6 is 0 Å². The van der Waals surface area contributed by atoms with Crippen LogP contribution in [0.5, 0.6) is 5.75 Å². The average Bonchev–Trinajstić information content (AvgIpc) is 2.62.